The van der Waals surface area contributed by atoms with Gasteiger partial charge < -0.3 is 9.32 Å². The average molecular weight is 307 g/mol. The van der Waals surface area contributed by atoms with Crippen molar-refractivity contribution in [1.82, 2.24) is 14.9 Å². The van der Waals surface area contributed by atoms with E-state index < -0.39 is 0 Å². The highest BCUT2D eigenvalue weighted by atomic mass is 16.3. The molecule has 0 unspecified atom stereocenters. The molecule has 0 spiro atoms. The molecule has 4 heteroatoms. The normalized spacial score (nSPS) is 16.9. The minimum atomic E-state index is 0.452. The number of piperidine rings is 1. The van der Waals surface area contributed by atoms with Gasteiger partial charge in [-0.1, -0.05) is 18.2 Å². The van der Waals surface area contributed by atoms with Gasteiger partial charge in [-0.15, -0.1) is 0 Å². The SMILES string of the molecule is c1ccc(CCN2CCC(c3nc4ccccc4o3)CC2)nc1. The van der Waals surface area contributed by atoms with Crippen molar-refractivity contribution in [1.29, 1.82) is 0 Å². The largest absolute Gasteiger partial charge is 0.440 e. The summed E-state index contributed by atoms with van der Waals surface area (Å²) in [5, 5.41) is 0. The van der Waals surface area contributed by atoms with E-state index in [4.69, 9.17) is 4.42 Å². The van der Waals surface area contributed by atoms with Crippen LogP contribution >= 0.6 is 0 Å². The van der Waals surface area contributed by atoms with Crippen LogP contribution in [0.15, 0.2) is 53.1 Å². The number of likely N-dealkylation sites (tertiary alicyclic amines) is 1. The summed E-state index contributed by atoms with van der Waals surface area (Å²) in [6.45, 7) is 3.30. The Morgan fingerprint density at radius 3 is 2.65 bits per heavy atom. The highest BCUT2D eigenvalue weighted by Gasteiger charge is 2.24. The van der Waals surface area contributed by atoms with Gasteiger partial charge in [0, 0.05) is 30.8 Å². The fraction of sp³-hybridized carbons (Fsp3) is 0.368. The number of pyridine rings is 1. The molecule has 0 amide bonds. The molecule has 1 aromatic carbocycles. The fourth-order valence-corrected chi connectivity index (χ4v) is 3.29. The van der Waals surface area contributed by atoms with Crippen LogP contribution < -0.4 is 0 Å². The molecule has 1 aliphatic rings. The van der Waals surface area contributed by atoms with Crippen LogP contribution in [0.4, 0.5) is 0 Å². The average Bonchev–Trinajstić information content (AvgIpc) is 3.05. The Labute approximate surface area is 136 Å². The third kappa shape index (κ3) is 3.27. The molecule has 118 valence electrons. The summed E-state index contributed by atoms with van der Waals surface area (Å²) in [4.78, 5) is 11.6. The van der Waals surface area contributed by atoms with E-state index in [-0.39, 0.29) is 0 Å². The fourth-order valence-electron chi connectivity index (χ4n) is 3.29. The molecular weight excluding hydrogens is 286 g/mol. The molecule has 3 aromatic rings. The standard InChI is InChI=1S/C19H21N3O/c1-2-7-18-17(6-1)21-19(23-18)15-8-12-22(13-9-15)14-10-16-5-3-4-11-20-16/h1-7,11,15H,8-10,12-14H2. The highest BCUT2D eigenvalue weighted by Crippen LogP contribution is 2.29. The third-order valence-corrected chi connectivity index (χ3v) is 4.66. The lowest BCUT2D eigenvalue weighted by molar-refractivity contribution is 0.202. The minimum absolute atomic E-state index is 0.452. The number of oxazole rings is 1. The van der Waals surface area contributed by atoms with E-state index in [0.29, 0.717) is 5.92 Å². The van der Waals surface area contributed by atoms with Crippen LogP contribution in [-0.2, 0) is 6.42 Å². The molecule has 4 rings (SSSR count). The van der Waals surface area contributed by atoms with Crippen molar-refractivity contribution in [2.45, 2.75) is 25.2 Å². The van der Waals surface area contributed by atoms with E-state index in [0.717, 1.165) is 55.9 Å². The number of benzene rings is 1. The summed E-state index contributed by atoms with van der Waals surface area (Å²) in [5.74, 6) is 1.36. The van der Waals surface area contributed by atoms with Crippen LogP contribution in [0.2, 0.25) is 0 Å². The van der Waals surface area contributed by atoms with Crippen molar-refractivity contribution in [3.8, 4) is 0 Å². The van der Waals surface area contributed by atoms with E-state index in [9.17, 15) is 0 Å². The number of para-hydroxylation sites is 2. The molecule has 0 radical (unpaired) electrons. The molecule has 0 N–H and O–H groups in total. The summed E-state index contributed by atoms with van der Waals surface area (Å²) in [6, 6.07) is 14.1. The summed E-state index contributed by atoms with van der Waals surface area (Å²) < 4.78 is 5.93. The first kappa shape index (κ1) is 14.4. The van der Waals surface area contributed by atoms with Crippen LogP contribution in [0.3, 0.4) is 0 Å². The van der Waals surface area contributed by atoms with Crippen molar-refractivity contribution in [2.24, 2.45) is 0 Å². The van der Waals surface area contributed by atoms with Gasteiger partial charge in [0.15, 0.2) is 11.5 Å². The molecule has 0 aliphatic carbocycles. The second kappa shape index (κ2) is 6.50. The predicted molar refractivity (Wildman–Crippen MR) is 90.4 cm³/mol. The van der Waals surface area contributed by atoms with Gasteiger partial charge in [0.05, 0.1) is 0 Å². The Hall–Kier alpha value is -2.20. The number of hydrogen-bond acceptors (Lipinski definition) is 4. The number of nitrogens with zero attached hydrogens (tertiary/aromatic N) is 3. The van der Waals surface area contributed by atoms with E-state index in [1.54, 1.807) is 0 Å². The second-order valence-electron chi connectivity index (χ2n) is 6.21. The second-order valence-corrected chi connectivity index (χ2v) is 6.21. The van der Waals surface area contributed by atoms with Crippen LogP contribution in [0.5, 0.6) is 0 Å². The topological polar surface area (TPSA) is 42.2 Å². The van der Waals surface area contributed by atoms with Crippen LogP contribution in [0.25, 0.3) is 11.1 Å². The first-order valence-electron chi connectivity index (χ1n) is 8.36. The lowest BCUT2D eigenvalue weighted by Gasteiger charge is -2.30. The Kier molecular flexibility index (Phi) is 4.07. The molecule has 2 aromatic heterocycles. The zero-order valence-electron chi connectivity index (χ0n) is 13.2. The van der Waals surface area contributed by atoms with Gasteiger partial charge in [0.2, 0.25) is 0 Å². The Bertz CT molecular complexity index is 727. The highest BCUT2D eigenvalue weighted by molar-refractivity contribution is 5.72. The molecule has 4 nitrogen and oxygen atoms in total. The van der Waals surface area contributed by atoms with Gasteiger partial charge in [0.1, 0.15) is 5.52 Å². The van der Waals surface area contributed by atoms with E-state index in [2.05, 4.69) is 27.0 Å². The Morgan fingerprint density at radius 1 is 1.04 bits per heavy atom. The molecule has 1 saturated heterocycles. The summed E-state index contributed by atoms with van der Waals surface area (Å²) >= 11 is 0. The van der Waals surface area contributed by atoms with Gasteiger partial charge >= 0.3 is 0 Å². The van der Waals surface area contributed by atoms with Gasteiger partial charge in [0.25, 0.3) is 0 Å². The number of hydrogen-bond donors (Lipinski definition) is 0. The maximum atomic E-state index is 5.93. The van der Waals surface area contributed by atoms with Crippen molar-refractivity contribution in [3.05, 3.63) is 60.2 Å². The van der Waals surface area contributed by atoms with Gasteiger partial charge in [-0.2, -0.15) is 0 Å². The van der Waals surface area contributed by atoms with Gasteiger partial charge in [-0.25, -0.2) is 4.98 Å². The molecule has 0 saturated carbocycles. The molecule has 0 bridgehead atoms. The van der Waals surface area contributed by atoms with Crippen molar-refractivity contribution in [3.63, 3.8) is 0 Å². The molecule has 23 heavy (non-hydrogen) atoms. The van der Waals surface area contributed by atoms with Crippen molar-refractivity contribution >= 4 is 11.1 Å². The lowest BCUT2D eigenvalue weighted by atomic mass is 9.96. The molecule has 3 heterocycles. The maximum Gasteiger partial charge on any atom is 0.198 e. The van der Waals surface area contributed by atoms with Gasteiger partial charge in [-0.3, -0.25) is 4.98 Å². The first-order valence-corrected chi connectivity index (χ1v) is 8.36. The molecule has 1 aliphatic heterocycles. The number of fused-ring (bicyclic) bond motifs is 1. The Balaban J connectivity index is 1.33. The van der Waals surface area contributed by atoms with Crippen molar-refractivity contribution in [2.75, 3.05) is 19.6 Å². The molecule has 0 atom stereocenters. The minimum Gasteiger partial charge on any atom is -0.440 e. The quantitative estimate of drug-likeness (QED) is 0.738. The van der Waals surface area contributed by atoms with Crippen molar-refractivity contribution < 1.29 is 4.42 Å². The van der Waals surface area contributed by atoms with E-state index in [1.165, 1.54) is 5.69 Å². The summed E-state index contributed by atoms with van der Waals surface area (Å²) in [6.07, 6.45) is 5.13. The van der Waals surface area contributed by atoms with Gasteiger partial charge in [-0.05, 0) is 50.2 Å². The monoisotopic (exact) mass is 307 g/mol. The number of aromatic nitrogens is 2. The predicted octanol–water partition coefficient (Wildman–Crippen LogP) is 3.64. The van der Waals surface area contributed by atoms with Crippen LogP contribution in [0, 0.1) is 0 Å². The lowest BCUT2D eigenvalue weighted by Crippen LogP contribution is -2.34. The zero-order chi connectivity index (χ0) is 15.5. The number of rotatable bonds is 4. The summed E-state index contributed by atoms with van der Waals surface area (Å²) in [7, 11) is 0. The van der Waals surface area contributed by atoms with E-state index in [1.807, 2.05) is 36.5 Å². The van der Waals surface area contributed by atoms with E-state index >= 15 is 0 Å². The maximum absolute atomic E-state index is 5.93. The smallest absolute Gasteiger partial charge is 0.198 e. The Morgan fingerprint density at radius 2 is 1.87 bits per heavy atom. The third-order valence-electron chi connectivity index (χ3n) is 4.66. The summed E-state index contributed by atoms with van der Waals surface area (Å²) in [5.41, 5.74) is 3.05. The van der Waals surface area contributed by atoms with Crippen LogP contribution in [-0.4, -0.2) is 34.5 Å². The molecular formula is C19H21N3O. The zero-order valence-corrected chi connectivity index (χ0v) is 13.2. The molecule has 1 fully saturated rings. The first-order chi connectivity index (χ1) is 11.4. The van der Waals surface area contributed by atoms with Crippen LogP contribution in [0.1, 0.15) is 30.3 Å².